The molecule has 0 aromatic carbocycles. The van der Waals surface area contributed by atoms with Gasteiger partial charge >= 0.3 is 5.97 Å². The van der Waals surface area contributed by atoms with Gasteiger partial charge in [0, 0.05) is 12.8 Å². The van der Waals surface area contributed by atoms with Gasteiger partial charge in [0.1, 0.15) is 0 Å². The molecule has 0 aliphatic carbocycles. The largest absolute Gasteiger partial charge is 0.466 e. The molecule has 6 heteroatoms. The normalized spacial score (nSPS) is 12.5. The zero-order valence-corrected chi connectivity index (χ0v) is 56.0. The fraction of sp³-hybridized carbons (Fsp3) is 0.947. The summed E-state index contributed by atoms with van der Waals surface area (Å²) in [5.74, 6) is -0.0158. The second-order valence-corrected chi connectivity index (χ2v) is 26.3. The van der Waals surface area contributed by atoms with Gasteiger partial charge in [-0.1, -0.05) is 386 Å². The number of hydrogen-bond donors (Lipinski definition) is 3. The Morgan fingerprint density at radius 3 is 0.866 bits per heavy atom. The average molecular weight is 1160 g/mol. The number of esters is 1. The van der Waals surface area contributed by atoms with Crippen molar-refractivity contribution in [1.82, 2.24) is 5.32 Å². The first-order valence-electron chi connectivity index (χ1n) is 37.9. The molecule has 0 aromatic rings. The lowest BCUT2D eigenvalue weighted by Crippen LogP contribution is -2.45. The van der Waals surface area contributed by atoms with Crippen LogP contribution in [0.3, 0.4) is 0 Å². The average Bonchev–Trinajstić information content (AvgIpc) is 3.48. The number of allylic oxidation sites excluding steroid dienone is 2. The minimum atomic E-state index is -0.664. The third-order valence-corrected chi connectivity index (χ3v) is 18.1. The molecular weight excluding hydrogens is 1010 g/mol. The van der Waals surface area contributed by atoms with Crippen LogP contribution < -0.4 is 5.32 Å². The molecular formula is C76H149NO5. The molecule has 0 heterocycles. The summed E-state index contributed by atoms with van der Waals surface area (Å²) in [7, 11) is 0. The van der Waals surface area contributed by atoms with Gasteiger partial charge < -0.3 is 20.3 Å². The lowest BCUT2D eigenvalue weighted by Gasteiger charge is -2.22. The molecule has 3 N–H and O–H groups in total. The van der Waals surface area contributed by atoms with Crippen molar-refractivity contribution in [3.63, 3.8) is 0 Å². The molecule has 0 spiro atoms. The summed E-state index contributed by atoms with van der Waals surface area (Å²) in [4.78, 5) is 24.7. The van der Waals surface area contributed by atoms with E-state index in [9.17, 15) is 19.8 Å². The standard InChI is InChI=1S/C76H149NO5/c1-3-5-7-9-11-13-15-17-19-21-22-23-28-31-34-37-40-44-48-52-56-60-64-68-74(79)73(72-78)77-75(80)69-65-61-57-53-49-45-41-38-35-32-29-26-24-25-27-30-33-36-39-43-47-51-55-59-63-67-71-82-76(81)70-66-62-58-54-50-46-42-20-18-16-14-12-10-8-6-4-2/h20,42,73-74,78-79H,3-19,21-41,43-72H2,1-2H3,(H,77,80)/b42-20-. The van der Waals surface area contributed by atoms with Gasteiger partial charge in [-0.05, 0) is 51.4 Å². The molecule has 1 amide bonds. The van der Waals surface area contributed by atoms with Crippen LogP contribution in [-0.4, -0.2) is 47.4 Å². The Labute approximate surface area is 514 Å². The molecule has 2 atom stereocenters. The molecule has 2 unspecified atom stereocenters. The quantitative estimate of drug-likeness (QED) is 0.0320. The molecule has 0 rings (SSSR count). The summed E-state index contributed by atoms with van der Waals surface area (Å²) < 4.78 is 5.50. The molecule has 0 saturated carbocycles. The summed E-state index contributed by atoms with van der Waals surface area (Å²) in [6, 6.07) is -0.541. The fourth-order valence-electron chi connectivity index (χ4n) is 12.3. The van der Waals surface area contributed by atoms with Gasteiger partial charge in [-0.2, -0.15) is 0 Å². The Kier molecular flexibility index (Phi) is 70.8. The molecule has 82 heavy (non-hydrogen) atoms. The predicted molar refractivity (Wildman–Crippen MR) is 361 cm³/mol. The van der Waals surface area contributed by atoms with Crippen molar-refractivity contribution in [2.75, 3.05) is 13.2 Å². The first-order chi connectivity index (χ1) is 40.5. The van der Waals surface area contributed by atoms with E-state index in [4.69, 9.17) is 4.74 Å². The van der Waals surface area contributed by atoms with E-state index >= 15 is 0 Å². The summed E-state index contributed by atoms with van der Waals surface area (Å²) in [5, 5.41) is 23.5. The maximum atomic E-state index is 12.6. The van der Waals surface area contributed by atoms with Crippen molar-refractivity contribution in [3.05, 3.63) is 12.2 Å². The fourth-order valence-corrected chi connectivity index (χ4v) is 12.3. The van der Waals surface area contributed by atoms with Crippen LogP contribution in [0.2, 0.25) is 0 Å². The number of carbonyl (C=O) groups excluding carboxylic acids is 2. The van der Waals surface area contributed by atoms with Crippen molar-refractivity contribution in [2.45, 2.75) is 450 Å². The van der Waals surface area contributed by atoms with Crippen molar-refractivity contribution >= 4 is 11.9 Å². The van der Waals surface area contributed by atoms with E-state index in [1.165, 1.54) is 360 Å². The van der Waals surface area contributed by atoms with Crippen LogP contribution in [0.1, 0.15) is 438 Å². The number of unbranched alkanes of at least 4 members (excludes halogenated alkanes) is 59. The number of rotatable bonds is 72. The van der Waals surface area contributed by atoms with Crippen LogP contribution in [0, 0.1) is 0 Å². The van der Waals surface area contributed by atoms with Crippen molar-refractivity contribution < 1.29 is 24.5 Å². The summed E-state index contributed by atoms with van der Waals surface area (Å²) in [6.07, 6.45) is 89.9. The van der Waals surface area contributed by atoms with E-state index in [1.54, 1.807) is 0 Å². The first kappa shape index (κ1) is 80.6. The number of nitrogens with one attached hydrogen (secondary N) is 1. The molecule has 0 aromatic heterocycles. The Morgan fingerprint density at radius 1 is 0.329 bits per heavy atom. The monoisotopic (exact) mass is 1160 g/mol. The van der Waals surface area contributed by atoms with E-state index in [2.05, 4.69) is 31.3 Å². The molecule has 0 aliphatic rings. The lowest BCUT2D eigenvalue weighted by molar-refractivity contribution is -0.143. The molecule has 0 fully saturated rings. The second kappa shape index (κ2) is 72.1. The zero-order chi connectivity index (χ0) is 59.2. The van der Waals surface area contributed by atoms with Crippen LogP contribution in [-0.2, 0) is 14.3 Å². The third kappa shape index (κ3) is 67.7. The van der Waals surface area contributed by atoms with Gasteiger partial charge in [-0.3, -0.25) is 9.59 Å². The smallest absolute Gasteiger partial charge is 0.305 e. The van der Waals surface area contributed by atoms with E-state index in [0.29, 0.717) is 25.9 Å². The lowest BCUT2D eigenvalue weighted by atomic mass is 10.0. The van der Waals surface area contributed by atoms with Crippen LogP contribution >= 0.6 is 0 Å². The number of ether oxygens (including phenoxy) is 1. The van der Waals surface area contributed by atoms with Crippen molar-refractivity contribution in [2.24, 2.45) is 0 Å². The second-order valence-electron chi connectivity index (χ2n) is 26.3. The van der Waals surface area contributed by atoms with Crippen molar-refractivity contribution in [3.8, 4) is 0 Å². The zero-order valence-electron chi connectivity index (χ0n) is 56.0. The summed E-state index contributed by atoms with van der Waals surface area (Å²) in [6.45, 7) is 5.00. The Bertz CT molecular complexity index is 1240. The topological polar surface area (TPSA) is 95.9 Å². The Balaban J connectivity index is 3.35. The summed E-state index contributed by atoms with van der Waals surface area (Å²) >= 11 is 0. The van der Waals surface area contributed by atoms with Crippen LogP contribution in [0.25, 0.3) is 0 Å². The van der Waals surface area contributed by atoms with E-state index in [0.717, 1.165) is 44.9 Å². The number of amides is 1. The molecule has 0 bridgehead atoms. The highest BCUT2D eigenvalue weighted by Gasteiger charge is 2.20. The molecule has 0 radical (unpaired) electrons. The molecule has 0 saturated heterocycles. The van der Waals surface area contributed by atoms with E-state index < -0.39 is 12.1 Å². The maximum Gasteiger partial charge on any atom is 0.305 e. The van der Waals surface area contributed by atoms with E-state index in [1.807, 2.05) is 0 Å². The van der Waals surface area contributed by atoms with Crippen LogP contribution in [0.4, 0.5) is 0 Å². The Hall–Kier alpha value is -1.40. The van der Waals surface area contributed by atoms with E-state index in [-0.39, 0.29) is 18.5 Å². The minimum absolute atomic E-state index is 0.0113. The van der Waals surface area contributed by atoms with Crippen molar-refractivity contribution in [1.29, 1.82) is 0 Å². The minimum Gasteiger partial charge on any atom is -0.466 e. The van der Waals surface area contributed by atoms with Crippen LogP contribution in [0.15, 0.2) is 12.2 Å². The first-order valence-corrected chi connectivity index (χ1v) is 37.9. The molecule has 0 aliphatic heterocycles. The van der Waals surface area contributed by atoms with Gasteiger partial charge in [-0.25, -0.2) is 0 Å². The highest BCUT2D eigenvalue weighted by atomic mass is 16.5. The number of carbonyl (C=O) groups is 2. The van der Waals surface area contributed by atoms with Gasteiger partial charge in [-0.15, -0.1) is 0 Å². The maximum absolute atomic E-state index is 12.6. The predicted octanol–water partition coefficient (Wildman–Crippen LogP) is 24.7. The molecule has 488 valence electrons. The highest BCUT2D eigenvalue weighted by molar-refractivity contribution is 5.76. The molecule has 6 nitrogen and oxygen atoms in total. The number of aliphatic hydroxyl groups is 2. The van der Waals surface area contributed by atoms with Gasteiger partial charge in [0.05, 0.1) is 25.4 Å². The van der Waals surface area contributed by atoms with Gasteiger partial charge in [0.2, 0.25) is 5.91 Å². The third-order valence-electron chi connectivity index (χ3n) is 18.1. The summed E-state index contributed by atoms with van der Waals surface area (Å²) in [5.41, 5.74) is 0. The Morgan fingerprint density at radius 2 is 0.573 bits per heavy atom. The SMILES string of the molecule is CCCCCCCCC/C=C\CCCCCCCC(=O)OCCCCCCCCCCCCCCCCCCCCCCCCCCCCC(=O)NC(CO)C(O)CCCCCCCCCCCCCCCCCCCCCCCCC. The number of hydrogen-bond acceptors (Lipinski definition) is 5. The highest BCUT2D eigenvalue weighted by Crippen LogP contribution is 2.20. The van der Waals surface area contributed by atoms with Crippen LogP contribution in [0.5, 0.6) is 0 Å². The van der Waals surface area contributed by atoms with Gasteiger partial charge in [0.25, 0.3) is 0 Å². The van der Waals surface area contributed by atoms with Gasteiger partial charge in [0.15, 0.2) is 0 Å². The number of aliphatic hydroxyl groups excluding tert-OH is 2.